The Hall–Kier alpha value is -4.81. The van der Waals surface area contributed by atoms with E-state index in [1.165, 1.54) is 12.1 Å². The van der Waals surface area contributed by atoms with Gasteiger partial charge in [0, 0.05) is 23.9 Å². The molecule has 0 radical (unpaired) electrons. The normalized spacial score (nSPS) is 12.2. The first kappa shape index (κ1) is 30.2. The van der Waals surface area contributed by atoms with E-state index < -0.39 is 33.7 Å². The summed E-state index contributed by atoms with van der Waals surface area (Å²) in [7, 11) is -3.79. The Balaban J connectivity index is 1.44. The van der Waals surface area contributed by atoms with Crippen LogP contribution in [0.4, 0.5) is 16.4 Å². The van der Waals surface area contributed by atoms with Gasteiger partial charge in [0.1, 0.15) is 17.4 Å². The molecule has 0 aliphatic rings. The summed E-state index contributed by atoms with van der Waals surface area (Å²) >= 11 is 0. The van der Waals surface area contributed by atoms with Crippen molar-refractivity contribution in [1.82, 2.24) is 15.3 Å². The molecule has 0 spiro atoms. The third kappa shape index (κ3) is 8.85. The van der Waals surface area contributed by atoms with Gasteiger partial charge in [-0.3, -0.25) is 0 Å². The van der Waals surface area contributed by atoms with E-state index in [-0.39, 0.29) is 17.1 Å². The first-order valence-electron chi connectivity index (χ1n) is 12.9. The Morgan fingerprint density at radius 1 is 0.929 bits per heavy atom. The Kier molecular flexibility index (Phi) is 9.18. The smallest absolute Gasteiger partial charge is 0.408 e. The maximum atomic E-state index is 13.1. The molecule has 0 bridgehead atoms. The van der Waals surface area contributed by atoms with E-state index in [0.29, 0.717) is 17.3 Å². The van der Waals surface area contributed by atoms with Gasteiger partial charge in [-0.1, -0.05) is 30.3 Å². The second-order valence-electron chi connectivity index (χ2n) is 10.3. The van der Waals surface area contributed by atoms with Gasteiger partial charge in [-0.25, -0.2) is 33.1 Å². The quantitative estimate of drug-likeness (QED) is 0.187. The van der Waals surface area contributed by atoms with Crippen molar-refractivity contribution < 1.29 is 27.5 Å². The molecule has 1 heterocycles. The van der Waals surface area contributed by atoms with Gasteiger partial charge in [0.25, 0.3) is 0 Å². The number of carbonyl (C=O) groups is 2. The topological polar surface area (TPSA) is 163 Å². The summed E-state index contributed by atoms with van der Waals surface area (Å²) in [5.41, 5.74) is 2.03. The lowest BCUT2D eigenvalue weighted by molar-refractivity contribution is -0.136. The minimum atomic E-state index is -3.79. The lowest BCUT2D eigenvalue weighted by Gasteiger charge is -2.23. The molecule has 11 nitrogen and oxygen atoms in total. The largest absolute Gasteiger partial charge is 0.444 e. The molecule has 12 heteroatoms. The zero-order chi connectivity index (χ0) is 30.3. The van der Waals surface area contributed by atoms with Crippen LogP contribution in [-0.2, 0) is 26.0 Å². The number of primary sulfonamides is 1. The lowest BCUT2D eigenvalue weighted by atomic mass is 10.1. The van der Waals surface area contributed by atoms with Crippen molar-refractivity contribution >= 4 is 33.7 Å². The molecule has 0 saturated heterocycles. The molecule has 0 aliphatic heterocycles. The predicted molar refractivity (Wildman–Crippen MR) is 158 cm³/mol. The average molecular weight is 590 g/mol. The van der Waals surface area contributed by atoms with Crippen LogP contribution in [0, 0.1) is 0 Å². The molecule has 0 unspecified atom stereocenters. The summed E-state index contributed by atoms with van der Waals surface area (Å²) in [6.07, 6.45) is 1.08. The van der Waals surface area contributed by atoms with Crippen molar-refractivity contribution in [3.8, 4) is 17.0 Å². The molecule has 0 saturated carbocycles. The maximum Gasteiger partial charge on any atom is 0.408 e. The number of nitrogens with two attached hydrogens (primary N) is 1. The second kappa shape index (κ2) is 12.8. The molecule has 3 aromatic carbocycles. The number of nitrogens with one attached hydrogen (secondary N) is 2. The minimum Gasteiger partial charge on any atom is -0.444 e. The molecule has 1 aromatic heterocycles. The van der Waals surface area contributed by atoms with E-state index in [0.717, 1.165) is 11.1 Å². The van der Waals surface area contributed by atoms with Gasteiger partial charge in [0.05, 0.1) is 10.6 Å². The molecule has 0 fully saturated rings. The second-order valence-corrected chi connectivity index (χ2v) is 11.9. The monoisotopic (exact) mass is 589 g/mol. The molecule has 1 atom stereocenters. The average Bonchev–Trinajstić information content (AvgIpc) is 2.92. The third-order valence-electron chi connectivity index (χ3n) is 5.72. The molecule has 1 amide bonds. The fourth-order valence-corrected chi connectivity index (χ4v) is 4.33. The molecular weight excluding hydrogens is 558 g/mol. The van der Waals surface area contributed by atoms with Crippen LogP contribution in [-0.4, -0.2) is 42.1 Å². The van der Waals surface area contributed by atoms with Gasteiger partial charge in [-0.15, -0.1) is 0 Å². The number of carbonyl (C=O) groups excluding carboxylic acids is 2. The third-order valence-corrected chi connectivity index (χ3v) is 6.65. The number of nitrogens with zero attached hydrogens (tertiary/aromatic N) is 2. The Morgan fingerprint density at radius 2 is 1.60 bits per heavy atom. The number of hydrogen-bond donors (Lipinski definition) is 3. The number of ether oxygens (including phenoxy) is 2. The van der Waals surface area contributed by atoms with Crippen LogP contribution in [0.5, 0.6) is 5.75 Å². The summed E-state index contributed by atoms with van der Waals surface area (Å²) in [5.74, 6) is -0.0575. The SMILES string of the molecule is CC(C)(C)OC(=O)N[C@H](Cc1ccccc1)C(=O)Oc1ccc(-c2ccnc(Nc3ccc(S(N)(=O)=O)cc3)n2)cc1. The Morgan fingerprint density at radius 3 is 2.21 bits per heavy atom. The number of sulfonamides is 1. The fraction of sp³-hybridized carbons (Fsp3) is 0.200. The highest BCUT2D eigenvalue weighted by Crippen LogP contribution is 2.23. The first-order chi connectivity index (χ1) is 19.9. The number of amides is 1. The molecule has 4 aromatic rings. The highest BCUT2D eigenvalue weighted by molar-refractivity contribution is 7.89. The first-order valence-corrected chi connectivity index (χ1v) is 14.5. The number of esters is 1. The zero-order valence-corrected chi connectivity index (χ0v) is 24.1. The number of aromatic nitrogens is 2. The molecule has 0 aliphatic carbocycles. The van der Waals surface area contributed by atoms with Crippen LogP contribution in [0.1, 0.15) is 26.3 Å². The van der Waals surface area contributed by atoms with Crippen molar-refractivity contribution in [3.05, 3.63) is 96.7 Å². The van der Waals surface area contributed by atoms with E-state index in [9.17, 15) is 18.0 Å². The van der Waals surface area contributed by atoms with Crippen molar-refractivity contribution in [2.45, 2.75) is 43.7 Å². The zero-order valence-electron chi connectivity index (χ0n) is 23.3. The van der Waals surface area contributed by atoms with Crippen molar-refractivity contribution in [2.24, 2.45) is 5.14 Å². The van der Waals surface area contributed by atoms with Gasteiger partial charge in [0.2, 0.25) is 16.0 Å². The highest BCUT2D eigenvalue weighted by Gasteiger charge is 2.26. The summed E-state index contributed by atoms with van der Waals surface area (Å²) in [6.45, 7) is 5.22. The number of hydrogen-bond acceptors (Lipinski definition) is 9. The number of rotatable bonds is 9. The molecule has 4 N–H and O–H groups in total. The molecular formula is C30H31N5O6S. The number of anilines is 2. The maximum absolute atomic E-state index is 13.1. The van der Waals surface area contributed by atoms with Gasteiger partial charge in [0.15, 0.2) is 0 Å². The highest BCUT2D eigenvalue weighted by atomic mass is 32.2. The van der Waals surface area contributed by atoms with Crippen molar-refractivity contribution in [2.75, 3.05) is 5.32 Å². The van der Waals surface area contributed by atoms with E-state index in [4.69, 9.17) is 14.6 Å². The number of benzene rings is 3. The molecule has 4 rings (SSSR count). The van der Waals surface area contributed by atoms with Gasteiger partial charge in [-0.05, 0) is 80.9 Å². The Labute approximate surface area is 244 Å². The van der Waals surface area contributed by atoms with Gasteiger partial charge < -0.3 is 20.1 Å². The standard InChI is InChI=1S/C30H31N5O6S/c1-30(2,3)41-29(37)35-26(19-20-7-5-4-6-8-20)27(36)40-23-13-9-21(10-14-23)25-17-18-32-28(34-25)33-22-11-15-24(16-12-22)42(31,38)39/h4-18,26H,19H2,1-3H3,(H,35,37)(H2,31,38,39)(H,32,33,34)/t26-/m1/s1. The van der Waals surface area contributed by atoms with Gasteiger partial charge in [-0.2, -0.15) is 0 Å². The van der Waals surface area contributed by atoms with E-state index in [2.05, 4.69) is 20.6 Å². The van der Waals surface area contributed by atoms with Crippen molar-refractivity contribution in [3.63, 3.8) is 0 Å². The fourth-order valence-electron chi connectivity index (χ4n) is 3.81. The van der Waals surface area contributed by atoms with Crippen LogP contribution in [0.15, 0.2) is 96.0 Å². The number of alkyl carbamates (subject to hydrolysis) is 1. The Bertz CT molecular complexity index is 1640. The van der Waals surface area contributed by atoms with E-state index in [1.54, 1.807) is 69.4 Å². The van der Waals surface area contributed by atoms with Crippen LogP contribution in [0.25, 0.3) is 11.3 Å². The molecule has 218 valence electrons. The summed E-state index contributed by atoms with van der Waals surface area (Å²) in [6, 6.07) is 22.6. The van der Waals surface area contributed by atoms with E-state index >= 15 is 0 Å². The summed E-state index contributed by atoms with van der Waals surface area (Å²) in [4.78, 5) is 34.2. The molecule has 42 heavy (non-hydrogen) atoms. The van der Waals surface area contributed by atoms with Crippen molar-refractivity contribution in [1.29, 1.82) is 0 Å². The minimum absolute atomic E-state index is 0.00415. The predicted octanol–water partition coefficient (Wildman–Crippen LogP) is 4.58. The van der Waals surface area contributed by atoms with Crippen LogP contribution in [0.2, 0.25) is 0 Å². The van der Waals surface area contributed by atoms with Crippen LogP contribution in [0.3, 0.4) is 0 Å². The summed E-state index contributed by atoms with van der Waals surface area (Å²) in [5, 5.41) is 10.8. The lowest BCUT2D eigenvalue weighted by Crippen LogP contribution is -2.46. The van der Waals surface area contributed by atoms with Crippen LogP contribution < -0.4 is 20.5 Å². The van der Waals surface area contributed by atoms with E-state index in [1.807, 2.05) is 30.3 Å². The van der Waals surface area contributed by atoms with Crippen LogP contribution >= 0.6 is 0 Å². The summed E-state index contributed by atoms with van der Waals surface area (Å²) < 4.78 is 33.9. The van der Waals surface area contributed by atoms with Gasteiger partial charge >= 0.3 is 12.1 Å².